The summed E-state index contributed by atoms with van der Waals surface area (Å²) >= 11 is 0. The van der Waals surface area contributed by atoms with Crippen LogP contribution in [0.2, 0.25) is 0 Å². The van der Waals surface area contributed by atoms with Crippen LogP contribution < -0.4 is 10.5 Å². The van der Waals surface area contributed by atoms with Gasteiger partial charge in [-0.2, -0.15) is 8.42 Å². The third-order valence-corrected chi connectivity index (χ3v) is 3.53. The molecule has 0 saturated carbocycles. The Bertz CT molecular complexity index is 598. The number of anilines is 1. The van der Waals surface area contributed by atoms with Gasteiger partial charge < -0.3 is 5.73 Å². The van der Waals surface area contributed by atoms with Gasteiger partial charge in [0.15, 0.2) is 0 Å². The summed E-state index contributed by atoms with van der Waals surface area (Å²) < 4.78 is 28.4. The molecule has 1 aliphatic heterocycles. The van der Waals surface area contributed by atoms with E-state index in [1.807, 2.05) is 12.1 Å². The van der Waals surface area contributed by atoms with Crippen molar-refractivity contribution >= 4 is 21.7 Å². The molecule has 0 spiro atoms. The van der Waals surface area contributed by atoms with Crippen LogP contribution in [0.25, 0.3) is 0 Å². The summed E-state index contributed by atoms with van der Waals surface area (Å²) in [6, 6.07) is 5.48. The van der Waals surface area contributed by atoms with Crippen molar-refractivity contribution in [1.82, 2.24) is 0 Å². The molecule has 0 saturated heterocycles. The van der Waals surface area contributed by atoms with Gasteiger partial charge in [-0.15, -0.1) is 4.40 Å². The normalized spacial score (nSPS) is 17.9. The van der Waals surface area contributed by atoms with Gasteiger partial charge in [-0.05, 0) is 23.1 Å². The lowest BCUT2D eigenvalue weighted by Gasteiger charge is -2.22. The Morgan fingerprint density at radius 1 is 1.29 bits per heavy atom. The highest BCUT2D eigenvalue weighted by Crippen LogP contribution is 2.29. The molecule has 0 radical (unpaired) electrons. The Hall–Kier alpha value is -1.56. The number of amidine groups is 1. The largest absolute Gasteiger partial charge is 0.382 e. The highest BCUT2D eigenvalue weighted by Gasteiger charge is 2.23. The van der Waals surface area contributed by atoms with E-state index < -0.39 is 10.2 Å². The highest BCUT2D eigenvalue weighted by molar-refractivity contribution is 7.91. The van der Waals surface area contributed by atoms with Crippen molar-refractivity contribution in [2.24, 2.45) is 10.1 Å². The van der Waals surface area contributed by atoms with Crippen LogP contribution in [0.15, 0.2) is 22.6 Å². The molecule has 0 aliphatic carbocycles. The van der Waals surface area contributed by atoms with Gasteiger partial charge in [-0.1, -0.05) is 26.8 Å². The zero-order valence-corrected chi connectivity index (χ0v) is 10.8. The molecule has 1 aromatic carbocycles. The Labute approximate surface area is 101 Å². The molecule has 3 N–H and O–H groups in total. The van der Waals surface area contributed by atoms with Gasteiger partial charge in [-0.25, -0.2) is 0 Å². The lowest BCUT2D eigenvalue weighted by molar-refractivity contribution is 0.590. The molecule has 2 rings (SSSR count). The van der Waals surface area contributed by atoms with Gasteiger partial charge in [0, 0.05) is 5.56 Å². The monoisotopic (exact) mass is 253 g/mol. The Kier molecular flexibility index (Phi) is 2.43. The molecule has 0 amide bonds. The minimum Gasteiger partial charge on any atom is -0.382 e. The summed E-state index contributed by atoms with van der Waals surface area (Å²) in [4.78, 5) is 0. The molecule has 1 aliphatic rings. The molecular formula is C11H15N3O2S. The van der Waals surface area contributed by atoms with Gasteiger partial charge in [0.1, 0.15) is 5.84 Å². The molecule has 0 atom stereocenters. The Morgan fingerprint density at radius 2 is 1.94 bits per heavy atom. The van der Waals surface area contributed by atoms with Crippen LogP contribution in [0.4, 0.5) is 5.69 Å². The predicted molar refractivity (Wildman–Crippen MR) is 68.4 cm³/mol. The van der Waals surface area contributed by atoms with E-state index in [-0.39, 0.29) is 11.3 Å². The summed E-state index contributed by atoms with van der Waals surface area (Å²) in [7, 11) is -3.68. The van der Waals surface area contributed by atoms with Crippen molar-refractivity contribution in [3.05, 3.63) is 29.3 Å². The molecule has 0 bridgehead atoms. The number of nitrogens with zero attached hydrogens (tertiary/aromatic N) is 1. The highest BCUT2D eigenvalue weighted by atomic mass is 32.2. The van der Waals surface area contributed by atoms with E-state index in [1.54, 1.807) is 6.07 Å². The summed E-state index contributed by atoms with van der Waals surface area (Å²) in [6.45, 7) is 6.24. The summed E-state index contributed by atoms with van der Waals surface area (Å²) in [5.41, 5.74) is 7.83. The second-order valence-electron chi connectivity index (χ2n) is 5.06. The molecule has 0 aromatic heterocycles. The second-order valence-corrected chi connectivity index (χ2v) is 6.40. The molecule has 1 heterocycles. The fraction of sp³-hybridized carbons (Fsp3) is 0.364. The van der Waals surface area contributed by atoms with Crippen molar-refractivity contribution in [1.29, 1.82) is 0 Å². The first-order chi connectivity index (χ1) is 7.69. The number of nitrogens with one attached hydrogen (secondary N) is 1. The number of fused-ring (bicyclic) bond motifs is 1. The van der Waals surface area contributed by atoms with E-state index in [9.17, 15) is 8.42 Å². The number of nitrogens with two attached hydrogens (primary N) is 1. The van der Waals surface area contributed by atoms with Gasteiger partial charge in [0.25, 0.3) is 0 Å². The minimum atomic E-state index is -3.68. The van der Waals surface area contributed by atoms with E-state index in [2.05, 4.69) is 29.9 Å². The molecule has 0 fully saturated rings. The molecule has 1 aromatic rings. The zero-order chi connectivity index (χ0) is 12.8. The third kappa shape index (κ3) is 2.26. The van der Waals surface area contributed by atoms with Crippen molar-refractivity contribution in [3.63, 3.8) is 0 Å². The lowest BCUT2D eigenvalue weighted by Crippen LogP contribution is -2.27. The van der Waals surface area contributed by atoms with Gasteiger partial charge in [0.2, 0.25) is 0 Å². The molecule has 17 heavy (non-hydrogen) atoms. The molecular weight excluding hydrogens is 238 g/mol. The van der Waals surface area contributed by atoms with Crippen molar-refractivity contribution < 1.29 is 8.42 Å². The fourth-order valence-electron chi connectivity index (χ4n) is 1.65. The summed E-state index contributed by atoms with van der Waals surface area (Å²) in [5.74, 6) is 0.0323. The smallest absolute Gasteiger partial charge is 0.344 e. The number of benzene rings is 1. The van der Waals surface area contributed by atoms with Crippen molar-refractivity contribution in [3.8, 4) is 0 Å². The first-order valence-corrected chi connectivity index (χ1v) is 6.66. The first-order valence-electron chi connectivity index (χ1n) is 5.22. The molecule has 92 valence electrons. The summed E-state index contributed by atoms with van der Waals surface area (Å²) in [5, 5.41) is 0. The van der Waals surface area contributed by atoms with Gasteiger partial charge in [-0.3, -0.25) is 4.72 Å². The van der Waals surface area contributed by atoms with Crippen molar-refractivity contribution in [2.75, 3.05) is 4.72 Å². The third-order valence-electron chi connectivity index (χ3n) is 2.62. The SMILES string of the molecule is CC(C)(C)c1ccc2c(c1)C(N)=NS(=O)(=O)N2. The van der Waals surface area contributed by atoms with Crippen LogP contribution in [0.5, 0.6) is 0 Å². The number of hydrogen-bond acceptors (Lipinski definition) is 3. The average Bonchev–Trinajstić information content (AvgIpc) is 2.13. The van der Waals surface area contributed by atoms with Crippen LogP contribution >= 0.6 is 0 Å². The maximum atomic E-state index is 11.3. The first kappa shape index (κ1) is 11.9. The van der Waals surface area contributed by atoms with Crippen LogP contribution in [0.3, 0.4) is 0 Å². The molecule has 0 unspecified atom stereocenters. The van der Waals surface area contributed by atoms with Gasteiger partial charge >= 0.3 is 10.2 Å². The van der Waals surface area contributed by atoms with E-state index in [1.165, 1.54) is 0 Å². The van der Waals surface area contributed by atoms with E-state index in [0.29, 0.717) is 11.3 Å². The average molecular weight is 253 g/mol. The van der Waals surface area contributed by atoms with E-state index >= 15 is 0 Å². The maximum absolute atomic E-state index is 11.3. The summed E-state index contributed by atoms with van der Waals surface area (Å²) in [6.07, 6.45) is 0. The van der Waals surface area contributed by atoms with Crippen LogP contribution in [-0.4, -0.2) is 14.3 Å². The van der Waals surface area contributed by atoms with Crippen LogP contribution in [0, 0.1) is 0 Å². The van der Waals surface area contributed by atoms with Gasteiger partial charge in [0.05, 0.1) is 5.69 Å². The van der Waals surface area contributed by atoms with Crippen LogP contribution in [-0.2, 0) is 15.6 Å². The molecule has 6 heteroatoms. The second kappa shape index (κ2) is 3.46. The topological polar surface area (TPSA) is 84.5 Å². The van der Waals surface area contributed by atoms with Crippen molar-refractivity contribution in [2.45, 2.75) is 26.2 Å². The fourth-order valence-corrected chi connectivity index (χ4v) is 2.51. The number of hydrogen-bond donors (Lipinski definition) is 2. The molecule has 5 nitrogen and oxygen atoms in total. The Balaban J connectivity index is 2.60. The Morgan fingerprint density at radius 3 is 2.53 bits per heavy atom. The number of rotatable bonds is 0. The van der Waals surface area contributed by atoms with E-state index in [0.717, 1.165) is 5.56 Å². The quantitative estimate of drug-likeness (QED) is 0.732. The van der Waals surface area contributed by atoms with E-state index in [4.69, 9.17) is 5.73 Å². The van der Waals surface area contributed by atoms with Crippen LogP contribution in [0.1, 0.15) is 31.9 Å². The predicted octanol–water partition coefficient (Wildman–Crippen LogP) is 1.36. The zero-order valence-electron chi connectivity index (χ0n) is 9.98. The minimum absolute atomic E-state index is 0.0222. The standard InChI is InChI=1S/C11H15N3O2S/c1-11(2,3)7-4-5-9-8(6-7)10(12)14-17(15,16)13-9/h4-6,13H,1-3H3,(H2,12,14). The maximum Gasteiger partial charge on any atom is 0.344 e. The lowest BCUT2D eigenvalue weighted by atomic mass is 9.86.